The van der Waals surface area contributed by atoms with Gasteiger partial charge >= 0.3 is 0 Å². The number of alkyl halides is 2. The fourth-order valence-electron chi connectivity index (χ4n) is 6.11. The van der Waals surface area contributed by atoms with Crippen molar-refractivity contribution in [2.45, 2.75) is 57.5 Å². The zero-order valence-electron chi connectivity index (χ0n) is 23.7. The Kier molecular flexibility index (Phi) is 9.09. The van der Waals surface area contributed by atoms with E-state index in [2.05, 4.69) is 15.3 Å². The summed E-state index contributed by atoms with van der Waals surface area (Å²) < 4.78 is 46.9. The van der Waals surface area contributed by atoms with E-state index in [-0.39, 0.29) is 29.6 Å². The van der Waals surface area contributed by atoms with E-state index in [1.54, 1.807) is 30.3 Å². The lowest BCUT2D eigenvalue weighted by atomic mass is 9.86. The van der Waals surface area contributed by atoms with Crippen molar-refractivity contribution in [2.75, 3.05) is 51.0 Å². The van der Waals surface area contributed by atoms with Crippen molar-refractivity contribution in [3.8, 4) is 11.7 Å². The van der Waals surface area contributed by atoms with Gasteiger partial charge in [-0.1, -0.05) is 12.1 Å². The maximum Gasteiger partial charge on any atom is 0.296 e. The lowest BCUT2D eigenvalue weighted by molar-refractivity contribution is -0.126. The van der Waals surface area contributed by atoms with Gasteiger partial charge in [-0.3, -0.25) is 9.36 Å². The molecule has 1 aromatic carbocycles. The summed E-state index contributed by atoms with van der Waals surface area (Å²) in [6, 6.07) is 8.63. The highest BCUT2D eigenvalue weighted by molar-refractivity contribution is 5.79. The molecule has 2 aromatic heterocycles. The average molecular weight is 585 g/mol. The molecular formula is C30H38F2N6O4. The van der Waals surface area contributed by atoms with Crippen molar-refractivity contribution in [1.29, 1.82) is 0 Å². The van der Waals surface area contributed by atoms with E-state index in [1.165, 1.54) is 4.57 Å². The van der Waals surface area contributed by atoms with E-state index in [4.69, 9.17) is 19.2 Å². The smallest absolute Gasteiger partial charge is 0.296 e. The minimum absolute atomic E-state index is 0.0321. The van der Waals surface area contributed by atoms with Crippen LogP contribution in [0.25, 0.3) is 16.9 Å². The molecule has 0 unspecified atom stereocenters. The second kappa shape index (κ2) is 13.3. The largest absolute Gasteiger partial charge is 0.474 e. The number of carbonyl (C=O) groups is 1. The molecule has 1 N–H and O–H groups in total. The Morgan fingerprint density at radius 2 is 1.71 bits per heavy atom. The summed E-state index contributed by atoms with van der Waals surface area (Å²) >= 11 is 0. The number of nitrogens with one attached hydrogen (secondary N) is 1. The predicted molar refractivity (Wildman–Crippen MR) is 152 cm³/mol. The van der Waals surface area contributed by atoms with Crippen LogP contribution in [0.4, 0.5) is 14.7 Å². The van der Waals surface area contributed by atoms with Crippen molar-refractivity contribution in [3.63, 3.8) is 0 Å². The Hall–Kier alpha value is -3.38. The van der Waals surface area contributed by atoms with Gasteiger partial charge in [0.2, 0.25) is 17.7 Å². The number of hydrogen-bond donors (Lipinski definition) is 1. The molecule has 2 aliphatic heterocycles. The quantitative estimate of drug-likeness (QED) is 0.393. The molecule has 0 spiro atoms. The number of aromatic nitrogens is 4. The van der Waals surface area contributed by atoms with Crippen molar-refractivity contribution < 1.29 is 27.8 Å². The van der Waals surface area contributed by atoms with Gasteiger partial charge in [-0.2, -0.15) is 9.97 Å². The molecule has 0 atom stereocenters. The summed E-state index contributed by atoms with van der Waals surface area (Å²) in [4.78, 5) is 28.3. The van der Waals surface area contributed by atoms with Gasteiger partial charge in [-0.15, -0.1) is 0 Å². The Balaban J connectivity index is 1.16. The van der Waals surface area contributed by atoms with E-state index >= 15 is 0 Å². The number of halogens is 2. The van der Waals surface area contributed by atoms with Gasteiger partial charge in [-0.05, 0) is 63.0 Å². The van der Waals surface area contributed by atoms with Gasteiger partial charge in [-0.25, -0.2) is 13.8 Å². The number of nitrogens with zero attached hydrogens (tertiary/aromatic N) is 5. The first-order valence-electron chi connectivity index (χ1n) is 15.0. The SMILES string of the molecule is O=C(NCCC1CCOCC1)[C@H]1CC[C@H](Oc2cc(-n3c(C(F)F)nc4ccccc43)nc(N3CCOCC3)n2)CC1. The Bertz CT molecular complexity index is 1350. The van der Waals surface area contributed by atoms with Crippen molar-refractivity contribution in [2.24, 2.45) is 11.8 Å². The number of ether oxygens (including phenoxy) is 3. The van der Waals surface area contributed by atoms with Crippen molar-refractivity contribution in [1.82, 2.24) is 24.8 Å². The molecule has 1 amide bonds. The maximum absolute atomic E-state index is 14.1. The fourth-order valence-corrected chi connectivity index (χ4v) is 6.11. The molecule has 42 heavy (non-hydrogen) atoms. The zero-order valence-corrected chi connectivity index (χ0v) is 23.7. The van der Waals surface area contributed by atoms with Gasteiger partial charge < -0.3 is 24.4 Å². The molecule has 0 radical (unpaired) electrons. The summed E-state index contributed by atoms with van der Waals surface area (Å²) in [7, 11) is 0. The third-order valence-corrected chi connectivity index (χ3v) is 8.51. The highest BCUT2D eigenvalue weighted by Gasteiger charge is 2.29. The van der Waals surface area contributed by atoms with Crippen molar-refractivity contribution in [3.05, 3.63) is 36.2 Å². The van der Waals surface area contributed by atoms with E-state index in [9.17, 15) is 13.6 Å². The molecule has 1 aliphatic carbocycles. The summed E-state index contributed by atoms with van der Waals surface area (Å²) in [5, 5.41) is 3.13. The molecule has 10 nitrogen and oxygen atoms in total. The van der Waals surface area contributed by atoms with Crippen LogP contribution in [0.3, 0.4) is 0 Å². The van der Waals surface area contributed by atoms with Crippen LogP contribution in [0, 0.1) is 11.8 Å². The molecule has 4 heterocycles. The Labute approximate surface area is 243 Å². The zero-order chi connectivity index (χ0) is 28.9. The number of fused-ring (bicyclic) bond motifs is 1. The number of imidazole rings is 1. The molecule has 6 rings (SSSR count). The van der Waals surface area contributed by atoms with E-state index < -0.39 is 6.43 Å². The molecule has 226 valence electrons. The van der Waals surface area contributed by atoms with Gasteiger partial charge in [0.1, 0.15) is 11.9 Å². The molecule has 1 saturated carbocycles. The van der Waals surface area contributed by atoms with E-state index in [0.717, 1.165) is 45.3 Å². The first kappa shape index (κ1) is 28.7. The molecular weight excluding hydrogens is 546 g/mol. The molecule has 3 aliphatic rings. The second-order valence-corrected chi connectivity index (χ2v) is 11.3. The Morgan fingerprint density at radius 1 is 0.976 bits per heavy atom. The predicted octanol–water partition coefficient (Wildman–Crippen LogP) is 4.46. The van der Waals surface area contributed by atoms with Crippen LogP contribution < -0.4 is 15.0 Å². The number of hydrogen-bond acceptors (Lipinski definition) is 8. The lowest BCUT2D eigenvalue weighted by Gasteiger charge is -2.30. The van der Waals surface area contributed by atoms with Gasteiger partial charge in [0.25, 0.3) is 6.43 Å². The topological polar surface area (TPSA) is 104 Å². The lowest BCUT2D eigenvalue weighted by Crippen LogP contribution is -2.38. The first-order chi connectivity index (χ1) is 20.5. The van der Waals surface area contributed by atoms with Crippen LogP contribution in [-0.2, 0) is 14.3 Å². The van der Waals surface area contributed by atoms with E-state index in [1.807, 2.05) is 4.90 Å². The summed E-state index contributed by atoms with van der Waals surface area (Å²) in [5.41, 5.74) is 1.000. The number of amides is 1. The summed E-state index contributed by atoms with van der Waals surface area (Å²) in [6.07, 6.45) is 3.07. The Morgan fingerprint density at radius 3 is 2.48 bits per heavy atom. The van der Waals surface area contributed by atoms with Crippen LogP contribution in [0.1, 0.15) is 57.2 Å². The van der Waals surface area contributed by atoms with Gasteiger partial charge in [0.15, 0.2) is 5.82 Å². The minimum Gasteiger partial charge on any atom is -0.474 e. The number of morpholine rings is 1. The van der Waals surface area contributed by atoms with Gasteiger partial charge in [0.05, 0.1) is 24.2 Å². The third kappa shape index (κ3) is 6.64. The highest BCUT2D eigenvalue weighted by atomic mass is 19.3. The fraction of sp³-hybridized carbons (Fsp3) is 0.600. The number of anilines is 1. The van der Waals surface area contributed by atoms with E-state index in [0.29, 0.717) is 74.5 Å². The third-order valence-electron chi connectivity index (χ3n) is 8.51. The van der Waals surface area contributed by atoms with Gasteiger partial charge in [0, 0.05) is 44.8 Å². The molecule has 3 fully saturated rings. The van der Waals surface area contributed by atoms with Crippen LogP contribution >= 0.6 is 0 Å². The first-order valence-corrected chi connectivity index (χ1v) is 15.0. The van der Waals surface area contributed by atoms with Crippen LogP contribution in [0.15, 0.2) is 30.3 Å². The summed E-state index contributed by atoms with van der Waals surface area (Å²) in [6.45, 7) is 4.57. The maximum atomic E-state index is 14.1. The molecule has 12 heteroatoms. The number of carbonyl (C=O) groups excluding carboxylic acids is 1. The van der Waals surface area contributed by atoms with Crippen LogP contribution in [-0.4, -0.2) is 77.6 Å². The normalized spacial score (nSPS) is 22.0. The van der Waals surface area contributed by atoms with Crippen LogP contribution in [0.2, 0.25) is 0 Å². The standard InChI is InChI=1S/C30H38F2N6O4/c31-27(32)28-34-23-3-1-2-4-24(23)38(28)25-19-26(36-30(35-25)37-13-17-41-18-14-37)42-22-7-5-21(6-8-22)29(39)33-12-9-20-10-15-40-16-11-20/h1-4,19-22,27H,5-18H2,(H,33,39)/t21-,22-. The monoisotopic (exact) mass is 584 g/mol. The summed E-state index contributed by atoms with van der Waals surface area (Å²) in [5.74, 6) is 1.34. The minimum atomic E-state index is -2.79. The number of rotatable bonds is 9. The molecule has 0 bridgehead atoms. The highest BCUT2D eigenvalue weighted by Crippen LogP contribution is 2.32. The average Bonchev–Trinajstić information content (AvgIpc) is 3.42. The molecule has 3 aromatic rings. The van der Waals surface area contributed by atoms with Crippen LogP contribution in [0.5, 0.6) is 5.88 Å². The molecule has 2 saturated heterocycles. The number of para-hydroxylation sites is 2. The van der Waals surface area contributed by atoms with Crippen molar-refractivity contribution >= 4 is 22.9 Å². The second-order valence-electron chi connectivity index (χ2n) is 11.3. The number of benzene rings is 1.